The lowest BCUT2D eigenvalue weighted by Crippen LogP contribution is -2.49. The van der Waals surface area contributed by atoms with Crippen LogP contribution in [-0.2, 0) is 9.47 Å². The van der Waals surface area contributed by atoms with Crippen LogP contribution < -0.4 is 4.90 Å². The highest BCUT2D eigenvalue weighted by Crippen LogP contribution is 2.52. The second kappa shape index (κ2) is 7.15. The van der Waals surface area contributed by atoms with E-state index in [4.69, 9.17) is 9.47 Å². The minimum atomic E-state index is -0.460. The standard InChI is InChI=1S/C23H30N2O3S/c1-23(2,3)28-22(26)24-9-7-18-17(14-24)16-12-15(19-6-4-10-27-19)13-20-21(16)25(18)8-5-11-29-20/h4,10,12-13,17-19H,5-9,11,14H2,1-3H3/t17-,18-,19?/m1/s1. The highest BCUT2D eigenvalue weighted by atomic mass is 32.2. The quantitative estimate of drug-likeness (QED) is 0.642. The van der Waals surface area contributed by atoms with Gasteiger partial charge in [-0.2, -0.15) is 0 Å². The number of rotatable bonds is 1. The monoisotopic (exact) mass is 414 g/mol. The van der Waals surface area contributed by atoms with E-state index >= 15 is 0 Å². The number of amides is 1. The third kappa shape index (κ3) is 3.49. The molecule has 3 atom stereocenters. The molecule has 1 fully saturated rings. The largest absolute Gasteiger partial charge is 0.493 e. The van der Waals surface area contributed by atoms with Gasteiger partial charge in [-0.15, -0.1) is 11.8 Å². The Hall–Kier alpha value is -1.82. The van der Waals surface area contributed by atoms with E-state index in [0.29, 0.717) is 12.0 Å². The van der Waals surface area contributed by atoms with Crippen molar-refractivity contribution < 1.29 is 14.3 Å². The second-order valence-electron chi connectivity index (χ2n) is 9.47. The SMILES string of the molecule is CC(C)(C)OC(=O)N1CC[C@@H]2[C@H](C1)c1cc(C3CC=CO3)cc3c1N2CCCS3. The van der Waals surface area contributed by atoms with Gasteiger partial charge in [-0.3, -0.25) is 0 Å². The first-order valence-corrected chi connectivity index (χ1v) is 11.7. The molecule has 0 N–H and O–H groups in total. The molecule has 0 aromatic heterocycles. The van der Waals surface area contributed by atoms with E-state index in [-0.39, 0.29) is 12.2 Å². The number of hydrogen-bond acceptors (Lipinski definition) is 5. The van der Waals surface area contributed by atoms with E-state index < -0.39 is 5.60 Å². The summed E-state index contributed by atoms with van der Waals surface area (Å²) in [6.45, 7) is 8.42. The van der Waals surface area contributed by atoms with Crippen molar-refractivity contribution in [3.63, 3.8) is 0 Å². The van der Waals surface area contributed by atoms with Gasteiger partial charge >= 0.3 is 6.09 Å². The van der Waals surface area contributed by atoms with Crippen molar-refractivity contribution in [3.05, 3.63) is 35.6 Å². The summed E-state index contributed by atoms with van der Waals surface area (Å²) in [4.78, 5) is 18.7. The van der Waals surface area contributed by atoms with Crippen molar-refractivity contribution in [2.75, 3.05) is 30.3 Å². The Kier molecular flexibility index (Phi) is 4.72. The zero-order valence-electron chi connectivity index (χ0n) is 17.5. The summed E-state index contributed by atoms with van der Waals surface area (Å²) in [7, 11) is 0. The lowest BCUT2D eigenvalue weighted by atomic mass is 9.88. The van der Waals surface area contributed by atoms with Crippen LogP contribution in [0.4, 0.5) is 10.5 Å². The second-order valence-corrected chi connectivity index (χ2v) is 10.6. The van der Waals surface area contributed by atoms with Gasteiger partial charge in [0.2, 0.25) is 0 Å². The molecule has 4 aliphatic heterocycles. The number of carbonyl (C=O) groups excluding carboxylic acids is 1. The summed E-state index contributed by atoms with van der Waals surface area (Å²) in [6.07, 6.45) is 7.00. The summed E-state index contributed by atoms with van der Waals surface area (Å²) < 4.78 is 11.5. The molecule has 1 unspecified atom stereocenters. The first-order valence-electron chi connectivity index (χ1n) is 10.8. The van der Waals surface area contributed by atoms with Crippen molar-refractivity contribution in [3.8, 4) is 0 Å². The lowest BCUT2D eigenvalue weighted by Gasteiger charge is -2.39. The number of piperidine rings is 1. The van der Waals surface area contributed by atoms with Crippen molar-refractivity contribution in [1.29, 1.82) is 0 Å². The van der Waals surface area contributed by atoms with Gasteiger partial charge < -0.3 is 19.3 Å². The molecule has 1 aromatic rings. The lowest BCUT2D eigenvalue weighted by molar-refractivity contribution is 0.0189. The molecule has 0 spiro atoms. The summed E-state index contributed by atoms with van der Waals surface area (Å²) in [6, 6.07) is 5.19. The number of anilines is 1. The molecule has 1 saturated heterocycles. The summed E-state index contributed by atoms with van der Waals surface area (Å²) in [5.41, 5.74) is 3.63. The van der Waals surface area contributed by atoms with E-state index in [1.165, 1.54) is 28.1 Å². The Morgan fingerprint density at radius 3 is 2.90 bits per heavy atom. The molecule has 29 heavy (non-hydrogen) atoms. The first-order chi connectivity index (χ1) is 13.9. The van der Waals surface area contributed by atoms with E-state index in [0.717, 1.165) is 38.2 Å². The molecular formula is C23H30N2O3S. The molecule has 6 heteroatoms. The highest BCUT2D eigenvalue weighted by molar-refractivity contribution is 7.99. The zero-order valence-corrected chi connectivity index (χ0v) is 18.3. The van der Waals surface area contributed by atoms with Crippen LogP contribution in [-0.4, -0.2) is 48.0 Å². The third-order valence-corrected chi connectivity index (χ3v) is 7.42. The van der Waals surface area contributed by atoms with Gasteiger partial charge in [0.15, 0.2) is 0 Å². The van der Waals surface area contributed by atoms with Crippen LogP contribution >= 0.6 is 11.8 Å². The first kappa shape index (κ1) is 19.2. The molecule has 0 saturated carbocycles. The number of fused-ring (bicyclic) bond motifs is 3. The van der Waals surface area contributed by atoms with Crippen LogP contribution in [0.25, 0.3) is 0 Å². The average molecular weight is 415 g/mol. The number of hydrogen-bond donors (Lipinski definition) is 0. The molecule has 1 aromatic carbocycles. The fourth-order valence-corrected chi connectivity index (χ4v) is 6.19. The summed E-state index contributed by atoms with van der Waals surface area (Å²) in [5, 5.41) is 0. The molecule has 4 aliphatic rings. The van der Waals surface area contributed by atoms with Crippen LogP contribution in [0.5, 0.6) is 0 Å². The highest BCUT2D eigenvalue weighted by Gasteiger charge is 2.45. The number of benzene rings is 1. The molecule has 5 nitrogen and oxygen atoms in total. The third-order valence-electron chi connectivity index (χ3n) is 6.30. The maximum Gasteiger partial charge on any atom is 0.410 e. The maximum atomic E-state index is 12.7. The van der Waals surface area contributed by atoms with E-state index in [2.05, 4.69) is 23.1 Å². The number of thioether (sulfide) groups is 1. The van der Waals surface area contributed by atoms with E-state index in [1.54, 1.807) is 0 Å². The van der Waals surface area contributed by atoms with Gasteiger partial charge in [-0.1, -0.05) is 0 Å². The van der Waals surface area contributed by atoms with E-state index in [9.17, 15) is 4.79 Å². The van der Waals surface area contributed by atoms with Gasteiger partial charge in [-0.05, 0) is 68.7 Å². The number of carbonyl (C=O) groups is 1. The van der Waals surface area contributed by atoms with Gasteiger partial charge in [-0.25, -0.2) is 4.79 Å². The molecule has 4 heterocycles. The average Bonchev–Trinajstić information content (AvgIpc) is 3.24. The maximum absolute atomic E-state index is 12.7. The van der Waals surface area contributed by atoms with Crippen LogP contribution in [0.1, 0.15) is 63.2 Å². The molecule has 0 radical (unpaired) electrons. The van der Waals surface area contributed by atoms with Gasteiger partial charge in [0, 0.05) is 42.9 Å². The predicted molar refractivity (Wildman–Crippen MR) is 116 cm³/mol. The normalized spacial score (nSPS) is 27.9. The molecule has 156 valence electrons. The van der Waals surface area contributed by atoms with Crippen LogP contribution in [0, 0.1) is 0 Å². The van der Waals surface area contributed by atoms with Crippen LogP contribution in [0.15, 0.2) is 29.4 Å². The molecule has 0 aliphatic carbocycles. The number of nitrogens with zero attached hydrogens (tertiary/aromatic N) is 2. The minimum Gasteiger partial charge on any atom is -0.493 e. The Morgan fingerprint density at radius 2 is 2.14 bits per heavy atom. The van der Waals surface area contributed by atoms with E-state index in [1.807, 2.05) is 43.7 Å². The summed E-state index contributed by atoms with van der Waals surface area (Å²) >= 11 is 1.98. The number of ether oxygens (including phenoxy) is 2. The van der Waals surface area contributed by atoms with Crippen LogP contribution in [0.2, 0.25) is 0 Å². The topological polar surface area (TPSA) is 42.0 Å². The summed E-state index contributed by atoms with van der Waals surface area (Å²) in [5.74, 6) is 1.51. The minimum absolute atomic E-state index is 0.124. The van der Waals surface area contributed by atoms with Crippen molar-refractivity contribution in [1.82, 2.24) is 4.90 Å². The smallest absolute Gasteiger partial charge is 0.410 e. The predicted octanol–water partition coefficient (Wildman–Crippen LogP) is 5.07. The molecular weight excluding hydrogens is 384 g/mol. The van der Waals surface area contributed by atoms with Crippen molar-refractivity contribution in [2.45, 2.75) is 68.6 Å². The van der Waals surface area contributed by atoms with Gasteiger partial charge in [0.25, 0.3) is 0 Å². The molecule has 1 amide bonds. The van der Waals surface area contributed by atoms with Crippen LogP contribution in [0.3, 0.4) is 0 Å². The van der Waals surface area contributed by atoms with Gasteiger partial charge in [0.1, 0.15) is 11.7 Å². The van der Waals surface area contributed by atoms with Crippen molar-refractivity contribution >= 4 is 23.5 Å². The fraction of sp³-hybridized carbons (Fsp3) is 0.609. The zero-order chi connectivity index (χ0) is 20.2. The fourth-order valence-electron chi connectivity index (χ4n) is 5.11. The number of likely N-dealkylation sites (tertiary alicyclic amines) is 1. The Bertz CT molecular complexity index is 839. The Morgan fingerprint density at radius 1 is 1.28 bits per heavy atom. The Labute approximate surface area is 177 Å². The Balaban J connectivity index is 1.48. The van der Waals surface area contributed by atoms with Crippen molar-refractivity contribution in [2.24, 2.45) is 0 Å². The molecule has 5 rings (SSSR count). The molecule has 0 bridgehead atoms. The van der Waals surface area contributed by atoms with Gasteiger partial charge in [0.05, 0.1) is 11.9 Å².